The summed E-state index contributed by atoms with van der Waals surface area (Å²) in [5.74, 6) is -3.90. The number of aliphatic hydroxyl groups is 5. The monoisotopic (exact) mass is 466 g/mol. The average molecular weight is 466 g/mol. The molecule has 0 aromatic heterocycles. The molecule has 2 heterocycles. The number of ketones is 1. The Labute approximate surface area is 185 Å². The quantitative estimate of drug-likeness (QED) is 0.241. The van der Waals surface area contributed by atoms with Crippen LogP contribution in [0, 0.1) is 0 Å². The van der Waals surface area contributed by atoms with E-state index in [1.165, 1.54) is 6.07 Å². The van der Waals surface area contributed by atoms with Crippen LogP contribution in [0.25, 0.3) is 0 Å². The molecule has 2 aromatic rings. The summed E-state index contributed by atoms with van der Waals surface area (Å²) in [6.07, 6.45) is -11.5. The van der Waals surface area contributed by atoms with Gasteiger partial charge in [0.05, 0.1) is 12.2 Å². The largest absolute Gasteiger partial charge is 0.507 e. The lowest BCUT2D eigenvalue weighted by Crippen LogP contribution is -2.55. The van der Waals surface area contributed by atoms with Gasteiger partial charge in [-0.15, -0.1) is 0 Å². The molecule has 1 saturated heterocycles. The zero-order valence-corrected chi connectivity index (χ0v) is 16.8. The molecule has 2 aliphatic heterocycles. The van der Waals surface area contributed by atoms with Crippen molar-refractivity contribution in [3.05, 3.63) is 41.0 Å². The second kappa shape index (κ2) is 8.33. The number of benzene rings is 2. The zero-order chi connectivity index (χ0) is 24.2. The van der Waals surface area contributed by atoms with Crippen LogP contribution in [0.5, 0.6) is 28.7 Å². The molecule has 7 atom stereocenters. The number of phenolic OH excluding ortho intramolecular Hbond substituents is 4. The number of carbonyl (C=O) groups is 1. The first kappa shape index (κ1) is 23.0. The predicted molar refractivity (Wildman–Crippen MR) is 106 cm³/mol. The summed E-state index contributed by atoms with van der Waals surface area (Å²) in [5, 5.41) is 90.7. The number of Topliss-reactive ketones (excluding diaryl/α,β-unsaturated/α-hetero) is 1. The van der Waals surface area contributed by atoms with Crippen molar-refractivity contribution in [3.63, 3.8) is 0 Å². The van der Waals surface area contributed by atoms with Crippen LogP contribution in [0.4, 0.5) is 0 Å². The van der Waals surface area contributed by atoms with Crippen molar-refractivity contribution in [2.45, 2.75) is 42.7 Å². The Morgan fingerprint density at radius 3 is 2.15 bits per heavy atom. The first-order valence-corrected chi connectivity index (χ1v) is 9.87. The fraction of sp³-hybridized carbons (Fsp3) is 0.381. The number of hydrogen-bond acceptors (Lipinski definition) is 12. The highest BCUT2D eigenvalue weighted by Gasteiger charge is 2.48. The molecule has 33 heavy (non-hydrogen) atoms. The predicted octanol–water partition coefficient (Wildman–Crippen LogP) is -1.30. The van der Waals surface area contributed by atoms with Crippen molar-refractivity contribution in [1.29, 1.82) is 0 Å². The number of fused-ring (bicyclic) bond motifs is 1. The third-order valence-corrected chi connectivity index (χ3v) is 5.84. The maximum Gasteiger partial charge on any atom is 0.202 e. The second-order valence-electron chi connectivity index (χ2n) is 7.88. The van der Waals surface area contributed by atoms with Gasteiger partial charge in [0.15, 0.2) is 23.7 Å². The van der Waals surface area contributed by atoms with E-state index in [0.717, 1.165) is 18.2 Å². The molecule has 9 N–H and O–H groups in total. The van der Waals surface area contributed by atoms with Crippen molar-refractivity contribution >= 4 is 5.78 Å². The van der Waals surface area contributed by atoms with Gasteiger partial charge in [-0.05, 0) is 17.7 Å². The number of ether oxygens (including phenoxy) is 2. The van der Waals surface area contributed by atoms with Crippen LogP contribution in [0.15, 0.2) is 24.3 Å². The molecule has 0 amide bonds. The highest BCUT2D eigenvalue weighted by molar-refractivity contribution is 6.06. The lowest BCUT2D eigenvalue weighted by Gasteiger charge is -2.41. The minimum atomic E-state index is -1.86. The van der Waals surface area contributed by atoms with Gasteiger partial charge in [0.2, 0.25) is 5.78 Å². The molecule has 1 unspecified atom stereocenters. The van der Waals surface area contributed by atoms with Gasteiger partial charge < -0.3 is 55.4 Å². The second-order valence-corrected chi connectivity index (χ2v) is 7.88. The Hall–Kier alpha value is -3.13. The van der Waals surface area contributed by atoms with Crippen LogP contribution in [0.2, 0.25) is 0 Å². The van der Waals surface area contributed by atoms with Crippen LogP contribution in [0.3, 0.4) is 0 Å². The molecule has 2 aliphatic rings. The summed E-state index contributed by atoms with van der Waals surface area (Å²) in [6, 6.07) is 4.42. The van der Waals surface area contributed by atoms with Crippen molar-refractivity contribution in [1.82, 2.24) is 0 Å². The molecule has 178 valence electrons. The Morgan fingerprint density at radius 2 is 1.52 bits per heavy atom. The topological polar surface area (TPSA) is 218 Å². The van der Waals surface area contributed by atoms with E-state index in [9.17, 15) is 50.8 Å². The molecule has 1 fully saturated rings. The summed E-state index contributed by atoms with van der Waals surface area (Å²) in [5.41, 5.74) is -0.934. The maximum atomic E-state index is 12.9. The van der Waals surface area contributed by atoms with E-state index in [2.05, 4.69) is 0 Å². The molecule has 0 aliphatic carbocycles. The number of aliphatic hydroxyl groups excluding tert-OH is 5. The van der Waals surface area contributed by atoms with Gasteiger partial charge in [0, 0.05) is 6.07 Å². The number of hydrogen-bond donors (Lipinski definition) is 9. The first-order chi connectivity index (χ1) is 15.6. The van der Waals surface area contributed by atoms with Gasteiger partial charge in [-0.25, -0.2) is 0 Å². The normalized spacial score (nSPS) is 31.7. The van der Waals surface area contributed by atoms with Crippen molar-refractivity contribution in [2.24, 2.45) is 0 Å². The van der Waals surface area contributed by atoms with Crippen LogP contribution in [0.1, 0.15) is 33.7 Å². The Morgan fingerprint density at radius 1 is 0.818 bits per heavy atom. The molecule has 12 heteroatoms. The Balaban J connectivity index is 1.77. The molecular formula is C21H22O12. The lowest BCUT2D eigenvalue weighted by molar-refractivity contribution is -0.232. The summed E-state index contributed by atoms with van der Waals surface area (Å²) < 4.78 is 10.9. The fourth-order valence-corrected chi connectivity index (χ4v) is 4.05. The third kappa shape index (κ3) is 3.62. The van der Waals surface area contributed by atoms with Gasteiger partial charge in [-0.2, -0.15) is 0 Å². The van der Waals surface area contributed by atoms with Crippen molar-refractivity contribution in [2.75, 3.05) is 6.61 Å². The van der Waals surface area contributed by atoms with Crippen LogP contribution < -0.4 is 4.74 Å². The molecule has 0 saturated carbocycles. The van der Waals surface area contributed by atoms with Gasteiger partial charge >= 0.3 is 0 Å². The molecule has 12 nitrogen and oxygen atoms in total. The summed E-state index contributed by atoms with van der Waals surface area (Å²) in [6.45, 7) is -0.754. The Bertz CT molecular complexity index is 1080. The van der Waals surface area contributed by atoms with E-state index >= 15 is 0 Å². The van der Waals surface area contributed by atoms with Crippen LogP contribution in [-0.2, 0) is 4.74 Å². The highest BCUT2D eigenvalue weighted by atomic mass is 16.5. The van der Waals surface area contributed by atoms with E-state index in [1.807, 2.05) is 0 Å². The van der Waals surface area contributed by atoms with E-state index in [-0.39, 0.29) is 11.3 Å². The molecule has 4 rings (SSSR count). The van der Waals surface area contributed by atoms with E-state index in [0.29, 0.717) is 0 Å². The minimum Gasteiger partial charge on any atom is -0.507 e. The highest BCUT2D eigenvalue weighted by Crippen LogP contribution is 2.49. The van der Waals surface area contributed by atoms with Crippen molar-refractivity contribution in [3.8, 4) is 28.7 Å². The molecular weight excluding hydrogens is 444 g/mol. The van der Waals surface area contributed by atoms with Crippen LogP contribution >= 0.6 is 0 Å². The SMILES string of the molecule is O=C1c2c(cc(O)c(C3O[C@@H](CO)[C@H](O)[C@@H](O)[C@@H]3O)c2O)O[C@@H](c2ccc(O)c(O)c2)[C@@H]1O. The van der Waals surface area contributed by atoms with Gasteiger partial charge in [-0.1, -0.05) is 6.07 Å². The fourth-order valence-electron chi connectivity index (χ4n) is 4.05. The molecule has 0 spiro atoms. The maximum absolute atomic E-state index is 12.9. The van der Waals surface area contributed by atoms with E-state index in [4.69, 9.17) is 9.47 Å². The third-order valence-electron chi connectivity index (χ3n) is 5.84. The number of carbonyl (C=O) groups excluding carboxylic acids is 1. The number of aromatic hydroxyl groups is 4. The first-order valence-electron chi connectivity index (χ1n) is 9.87. The minimum absolute atomic E-state index is 0.119. The molecule has 0 bridgehead atoms. The summed E-state index contributed by atoms with van der Waals surface area (Å²) in [4.78, 5) is 12.9. The number of phenols is 4. The summed E-state index contributed by atoms with van der Waals surface area (Å²) >= 11 is 0. The van der Waals surface area contributed by atoms with Gasteiger partial charge in [0.25, 0.3) is 0 Å². The average Bonchev–Trinajstić information content (AvgIpc) is 2.77. The van der Waals surface area contributed by atoms with Gasteiger partial charge in [0.1, 0.15) is 53.3 Å². The zero-order valence-electron chi connectivity index (χ0n) is 16.8. The van der Waals surface area contributed by atoms with E-state index < -0.39 is 89.2 Å². The van der Waals surface area contributed by atoms with Gasteiger partial charge in [-0.3, -0.25) is 4.79 Å². The summed E-state index contributed by atoms with van der Waals surface area (Å²) in [7, 11) is 0. The Kier molecular flexibility index (Phi) is 5.82. The molecule has 2 aromatic carbocycles. The number of rotatable bonds is 3. The molecule has 0 radical (unpaired) electrons. The van der Waals surface area contributed by atoms with E-state index in [1.54, 1.807) is 0 Å². The lowest BCUT2D eigenvalue weighted by atomic mass is 9.86. The standard InChI is InChI=1S/C21H22O12/c22-5-11-14(26)17(29)19(31)21(33-11)12-9(25)4-10-13(15(12)27)16(28)18(30)20(32-10)6-1-2-7(23)8(24)3-6/h1-4,11,14,17-27,29-31H,5H2/t11-,14-,17+,18+,19-,20-,21?/m0/s1. The van der Waals surface area contributed by atoms with Crippen LogP contribution in [-0.4, -0.2) is 88.9 Å². The smallest absolute Gasteiger partial charge is 0.202 e. The van der Waals surface area contributed by atoms with Crippen molar-refractivity contribution < 1.29 is 60.2 Å².